The van der Waals surface area contributed by atoms with Gasteiger partial charge in [0.2, 0.25) is 0 Å². The molecule has 0 unspecified atom stereocenters. The average molecular weight is 298 g/mol. The second-order valence-electron chi connectivity index (χ2n) is 3.80. The number of carbonyl (C=O) groups is 1. The summed E-state index contributed by atoms with van der Waals surface area (Å²) in [5.41, 5.74) is 0.0395. The molecule has 0 bridgehead atoms. The molecular weight excluding hydrogens is 284 g/mol. The summed E-state index contributed by atoms with van der Waals surface area (Å²) in [6.45, 7) is 1.41. The Morgan fingerprint density at radius 2 is 2.10 bits per heavy atom. The van der Waals surface area contributed by atoms with E-state index in [2.05, 4.69) is 4.84 Å². The number of sulfonamides is 1. The van der Waals surface area contributed by atoms with E-state index in [1.54, 1.807) is 6.07 Å². The molecule has 0 saturated heterocycles. The van der Waals surface area contributed by atoms with Gasteiger partial charge in [-0.05, 0) is 25.1 Å². The van der Waals surface area contributed by atoms with Crippen LogP contribution in [0.25, 0.3) is 0 Å². The van der Waals surface area contributed by atoms with Crippen LogP contribution < -0.4 is 0 Å². The second kappa shape index (κ2) is 6.47. The minimum Gasteiger partial charge on any atom is -0.444 e. The third-order valence-electron chi connectivity index (χ3n) is 2.43. The number of esters is 1. The Labute approximate surface area is 117 Å². The van der Waals surface area contributed by atoms with Gasteiger partial charge in [-0.25, -0.2) is 13.2 Å². The maximum Gasteiger partial charge on any atom is 0.339 e. The highest BCUT2D eigenvalue weighted by molar-refractivity contribution is 7.89. The minimum atomic E-state index is -3.84. The Hall–Kier alpha value is -1.95. The van der Waals surface area contributed by atoms with Gasteiger partial charge in [-0.2, -0.15) is 5.26 Å². The highest BCUT2D eigenvalue weighted by Gasteiger charge is 2.22. The maximum atomic E-state index is 12.0. The molecule has 1 atom stereocenters. The zero-order chi connectivity index (χ0) is 15.3. The van der Waals surface area contributed by atoms with Gasteiger partial charge in [-0.1, -0.05) is 10.5 Å². The van der Waals surface area contributed by atoms with Crippen molar-refractivity contribution in [2.75, 3.05) is 14.2 Å². The van der Waals surface area contributed by atoms with Crippen LogP contribution in [0, 0.1) is 11.3 Å². The summed E-state index contributed by atoms with van der Waals surface area (Å²) in [5, 5.41) is 8.57. The summed E-state index contributed by atoms with van der Waals surface area (Å²) < 4.78 is 29.5. The Morgan fingerprint density at radius 1 is 1.45 bits per heavy atom. The van der Waals surface area contributed by atoms with E-state index >= 15 is 0 Å². The van der Waals surface area contributed by atoms with Crippen LogP contribution in [-0.4, -0.2) is 39.1 Å². The van der Waals surface area contributed by atoms with Crippen molar-refractivity contribution in [2.45, 2.75) is 17.9 Å². The fraction of sp³-hybridized carbons (Fsp3) is 0.333. The van der Waals surface area contributed by atoms with Gasteiger partial charge in [0.25, 0.3) is 10.0 Å². The lowest BCUT2D eigenvalue weighted by Gasteiger charge is -2.14. The number of carbonyl (C=O) groups excluding carboxylic acids is 1. The normalized spacial score (nSPS) is 12.8. The summed E-state index contributed by atoms with van der Waals surface area (Å²) >= 11 is 0. The third kappa shape index (κ3) is 3.54. The molecule has 0 saturated carbocycles. The summed E-state index contributed by atoms with van der Waals surface area (Å²) in [7, 11) is -1.39. The van der Waals surface area contributed by atoms with Gasteiger partial charge in [0.05, 0.1) is 17.6 Å². The van der Waals surface area contributed by atoms with E-state index in [1.165, 1.54) is 39.3 Å². The minimum absolute atomic E-state index is 0.0395. The van der Waals surface area contributed by atoms with Crippen LogP contribution >= 0.6 is 0 Å². The second-order valence-corrected chi connectivity index (χ2v) is 5.74. The average Bonchev–Trinajstić information content (AvgIpc) is 2.46. The first-order valence-electron chi connectivity index (χ1n) is 5.56. The summed E-state index contributed by atoms with van der Waals surface area (Å²) in [5.74, 6) is -0.767. The van der Waals surface area contributed by atoms with Crippen molar-refractivity contribution in [1.82, 2.24) is 4.47 Å². The monoisotopic (exact) mass is 298 g/mol. The van der Waals surface area contributed by atoms with Crippen LogP contribution in [0.15, 0.2) is 29.2 Å². The third-order valence-corrected chi connectivity index (χ3v) is 4.10. The molecule has 7 nitrogen and oxygen atoms in total. The summed E-state index contributed by atoms with van der Waals surface area (Å²) in [6, 6.07) is 7.05. The lowest BCUT2D eigenvalue weighted by atomic mass is 10.2. The lowest BCUT2D eigenvalue weighted by Crippen LogP contribution is -2.26. The number of benzene rings is 1. The molecule has 0 spiro atoms. The van der Waals surface area contributed by atoms with Crippen LogP contribution in [0.3, 0.4) is 0 Å². The van der Waals surface area contributed by atoms with Gasteiger partial charge in [-0.3, -0.25) is 4.84 Å². The van der Waals surface area contributed by atoms with Crippen molar-refractivity contribution in [1.29, 1.82) is 5.26 Å². The predicted octanol–water partition coefficient (Wildman–Crippen LogP) is 0.937. The first kappa shape index (κ1) is 16.1. The highest BCUT2D eigenvalue weighted by atomic mass is 32.2. The molecule has 8 heteroatoms. The predicted molar refractivity (Wildman–Crippen MR) is 68.9 cm³/mol. The number of rotatable bonds is 5. The van der Waals surface area contributed by atoms with Crippen LogP contribution in [0.2, 0.25) is 0 Å². The van der Waals surface area contributed by atoms with Gasteiger partial charge in [0.15, 0.2) is 6.10 Å². The SMILES string of the molecule is CON(C)S(=O)(=O)c1cccc(C(=O)O[C@@H](C)C#N)c1. The van der Waals surface area contributed by atoms with Crippen molar-refractivity contribution in [3.8, 4) is 6.07 Å². The fourth-order valence-corrected chi connectivity index (χ4v) is 2.30. The quantitative estimate of drug-likeness (QED) is 0.593. The van der Waals surface area contributed by atoms with E-state index < -0.39 is 22.1 Å². The molecule has 20 heavy (non-hydrogen) atoms. The standard InChI is InChI=1S/C12H14N2O5S/c1-9(8-13)19-12(15)10-5-4-6-11(7-10)20(16,17)14(2)18-3/h4-7,9H,1-3H3/t9-/m0/s1. The van der Waals surface area contributed by atoms with E-state index in [1.807, 2.05) is 0 Å². The molecule has 0 aliphatic rings. The molecule has 1 rings (SSSR count). The Kier molecular flexibility index (Phi) is 5.21. The molecule has 108 valence electrons. The fourth-order valence-electron chi connectivity index (χ4n) is 1.29. The number of hydrogen-bond acceptors (Lipinski definition) is 6. The van der Waals surface area contributed by atoms with E-state index in [9.17, 15) is 13.2 Å². The smallest absolute Gasteiger partial charge is 0.339 e. The molecule has 0 fully saturated rings. The van der Waals surface area contributed by atoms with Crippen LogP contribution in [0.4, 0.5) is 0 Å². The van der Waals surface area contributed by atoms with E-state index in [-0.39, 0.29) is 10.5 Å². The van der Waals surface area contributed by atoms with Gasteiger partial charge in [-0.15, -0.1) is 0 Å². The van der Waals surface area contributed by atoms with Crippen molar-refractivity contribution < 1.29 is 22.8 Å². The van der Waals surface area contributed by atoms with Gasteiger partial charge < -0.3 is 4.74 Å². The molecular formula is C12H14N2O5S. The Bertz CT molecular complexity index is 635. The zero-order valence-electron chi connectivity index (χ0n) is 11.2. The number of hydrogen-bond donors (Lipinski definition) is 0. The van der Waals surface area contributed by atoms with Crippen molar-refractivity contribution in [3.05, 3.63) is 29.8 Å². The van der Waals surface area contributed by atoms with Gasteiger partial charge >= 0.3 is 5.97 Å². The Morgan fingerprint density at radius 3 is 2.65 bits per heavy atom. The number of nitrogens with zero attached hydrogens (tertiary/aromatic N) is 2. The zero-order valence-corrected chi connectivity index (χ0v) is 12.0. The van der Waals surface area contributed by atoms with E-state index in [4.69, 9.17) is 10.00 Å². The van der Waals surface area contributed by atoms with Crippen molar-refractivity contribution in [2.24, 2.45) is 0 Å². The highest BCUT2D eigenvalue weighted by Crippen LogP contribution is 2.16. The molecule has 1 aromatic carbocycles. The van der Waals surface area contributed by atoms with Gasteiger partial charge in [0.1, 0.15) is 6.07 Å². The Balaban J connectivity index is 3.09. The van der Waals surface area contributed by atoms with Crippen LogP contribution in [0.1, 0.15) is 17.3 Å². The number of ether oxygens (including phenoxy) is 1. The molecule has 0 aliphatic carbocycles. The van der Waals surface area contributed by atoms with Crippen molar-refractivity contribution >= 4 is 16.0 Å². The summed E-state index contributed by atoms with van der Waals surface area (Å²) in [4.78, 5) is 16.2. The van der Waals surface area contributed by atoms with Crippen LogP contribution in [0.5, 0.6) is 0 Å². The van der Waals surface area contributed by atoms with E-state index in [0.717, 1.165) is 6.07 Å². The largest absolute Gasteiger partial charge is 0.444 e. The number of nitriles is 1. The molecule has 1 aromatic rings. The van der Waals surface area contributed by atoms with Gasteiger partial charge in [0, 0.05) is 7.05 Å². The molecule has 0 amide bonds. The molecule has 0 aromatic heterocycles. The lowest BCUT2D eigenvalue weighted by molar-refractivity contribution is -0.0258. The molecule has 0 N–H and O–H groups in total. The van der Waals surface area contributed by atoms with Crippen LogP contribution in [-0.2, 0) is 19.6 Å². The number of hydroxylamine groups is 1. The first-order valence-corrected chi connectivity index (χ1v) is 7.00. The molecule has 0 aliphatic heterocycles. The first-order chi connectivity index (χ1) is 9.32. The molecule has 0 heterocycles. The topological polar surface area (TPSA) is 96.7 Å². The maximum absolute atomic E-state index is 12.0. The molecule has 0 radical (unpaired) electrons. The summed E-state index contributed by atoms with van der Waals surface area (Å²) in [6.07, 6.45) is -0.913. The van der Waals surface area contributed by atoms with E-state index in [0.29, 0.717) is 4.47 Å². The van der Waals surface area contributed by atoms with Crippen molar-refractivity contribution in [3.63, 3.8) is 0 Å².